The van der Waals surface area contributed by atoms with Crippen LogP contribution in [0.1, 0.15) is 0 Å². The van der Waals surface area contributed by atoms with Gasteiger partial charge < -0.3 is 4.74 Å². The minimum atomic E-state index is -4.91. The fraction of sp³-hybridized carbons (Fsp3) is 0.100. The molecule has 0 aliphatic carbocycles. The van der Waals surface area contributed by atoms with Gasteiger partial charge >= 0.3 is 6.36 Å². The summed E-state index contributed by atoms with van der Waals surface area (Å²) in [5.74, 6) is -1.98. The molecule has 0 fully saturated rings. The normalized spacial score (nSPS) is 11.5. The van der Waals surface area contributed by atoms with Crippen LogP contribution in [-0.2, 0) is 0 Å². The van der Waals surface area contributed by atoms with Crippen molar-refractivity contribution in [1.82, 2.24) is 9.55 Å². The molecule has 1 aromatic carbocycles. The van der Waals surface area contributed by atoms with Crippen molar-refractivity contribution in [3.63, 3.8) is 0 Å². The van der Waals surface area contributed by atoms with Gasteiger partial charge in [0.25, 0.3) is 0 Å². The highest BCUT2D eigenvalue weighted by Gasteiger charge is 2.32. The third kappa shape index (κ3) is 2.74. The lowest BCUT2D eigenvalue weighted by Crippen LogP contribution is -2.18. The van der Waals surface area contributed by atoms with E-state index in [0.717, 1.165) is 12.1 Å². The lowest BCUT2D eigenvalue weighted by atomic mass is 10.3. The standard InChI is InChI=1S/C10H5F4N2O/c11-8-5-7(16-4-3-15-6-16)1-2-9(8)17-10(12,13)14/h1-5H. The Hall–Kier alpha value is -2.05. The molecule has 0 spiro atoms. The van der Waals surface area contributed by atoms with Crippen molar-refractivity contribution in [2.45, 2.75) is 6.36 Å². The van der Waals surface area contributed by atoms with Crippen LogP contribution in [0.2, 0.25) is 0 Å². The first-order valence-corrected chi connectivity index (χ1v) is 4.42. The third-order valence-corrected chi connectivity index (χ3v) is 1.88. The van der Waals surface area contributed by atoms with Gasteiger partial charge in [0, 0.05) is 18.5 Å². The summed E-state index contributed by atoms with van der Waals surface area (Å²) in [5.41, 5.74) is 0.300. The Bertz CT molecular complexity index is 508. The number of aromatic nitrogens is 2. The van der Waals surface area contributed by atoms with Gasteiger partial charge in [-0.15, -0.1) is 13.2 Å². The van der Waals surface area contributed by atoms with E-state index in [4.69, 9.17) is 0 Å². The maximum atomic E-state index is 13.3. The number of imidazole rings is 1. The fourth-order valence-electron chi connectivity index (χ4n) is 1.22. The van der Waals surface area contributed by atoms with Crippen LogP contribution in [0.15, 0.2) is 30.6 Å². The summed E-state index contributed by atoms with van der Waals surface area (Å²) >= 11 is 0. The first-order chi connectivity index (χ1) is 7.96. The van der Waals surface area contributed by atoms with Crippen LogP contribution in [0, 0.1) is 12.1 Å². The predicted molar refractivity (Wildman–Crippen MR) is 49.0 cm³/mol. The average Bonchev–Trinajstić information content (AvgIpc) is 2.72. The highest BCUT2D eigenvalue weighted by molar-refractivity contribution is 5.38. The lowest BCUT2D eigenvalue weighted by Gasteiger charge is -2.10. The third-order valence-electron chi connectivity index (χ3n) is 1.88. The topological polar surface area (TPSA) is 27.1 Å². The molecule has 0 atom stereocenters. The average molecular weight is 245 g/mol. The summed E-state index contributed by atoms with van der Waals surface area (Å²) in [6.45, 7) is 0. The summed E-state index contributed by atoms with van der Waals surface area (Å²) < 4.78 is 53.8. The minimum absolute atomic E-state index is 0.300. The van der Waals surface area contributed by atoms with Crippen molar-refractivity contribution in [2.24, 2.45) is 0 Å². The van der Waals surface area contributed by atoms with Gasteiger partial charge in [0.05, 0.1) is 5.69 Å². The molecule has 0 aliphatic rings. The smallest absolute Gasteiger partial charge is 0.403 e. The maximum Gasteiger partial charge on any atom is 0.573 e. The Morgan fingerprint density at radius 3 is 2.59 bits per heavy atom. The van der Waals surface area contributed by atoms with E-state index in [1.54, 1.807) is 0 Å². The summed E-state index contributed by atoms with van der Waals surface area (Å²) in [5, 5.41) is 0. The van der Waals surface area contributed by atoms with Crippen molar-refractivity contribution in [1.29, 1.82) is 0 Å². The van der Waals surface area contributed by atoms with Crippen LogP contribution in [0.25, 0.3) is 5.69 Å². The van der Waals surface area contributed by atoms with E-state index in [9.17, 15) is 17.6 Å². The number of alkyl halides is 3. The van der Waals surface area contributed by atoms with Gasteiger partial charge in [-0.1, -0.05) is 0 Å². The molecule has 0 unspecified atom stereocenters. The Labute approximate surface area is 93.3 Å². The number of ether oxygens (including phenoxy) is 1. The minimum Gasteiger partial charge on any atom is -0.403 e. The summed E-state index contributed by atoms with van der Waals surface area (Å²) in [6, 6.07) is 3.06. The van der Waals surface area contributed by atoms with Crippen LogP contribution in [0.5, 0.6) is 5.75 Å². The first-order valence-electron chi connectivity index (χ1n) is 4.42. The van der Waals surface area contributed by atoms with Gasteiger partial charge in [0.1, 0.15) is 0 Å². The van der Waals surface area contributed by atoms with Crippen molar-refractivity contribution < 1.29 is 22.3 Å². The summed E-state index contributed by atoms with van der Waals surface area (Å²) in [6.07, 6.45) is 0.472. The highest BCUT2D eigenvalue weighted by atomic mass is 19.4. The van der Waals surface area contributed by atoms with E-state index in [2.05, 4.69) is 16.0 Å². The molecule has 1 radical (unpaired) electrons. The maximum absolute atomic E-state index is 13.3. The molecule has 89 valence electrons. The number of hydrogen-bond acceptors (Lipinski definition) is 2. The van der Waals surface area contributed by atoms with E-state index in [0.29, 0.717) is 5.69 Å². The van der Waals surface area contributed by atoms with Gasteiger partial charge in [-0.05, 0) is 12.1 Å². The Morgan fingerprint density at radius 1 is 1.29 bits per heavy atom. The van der Waals surface area contributed by atoms with E-state index < -0.39 is 17.9 Å². The molecule has 1 heterocycles. The quantitative estimate of drug-likeness (QED) is 0.760. The van der Waals surface area contributed by atoms with Crippen LogP contribution >= 0.6 is 0 Å². The van der Waals surface area contributed by atoms with Gasteiger partial charge in [0.15, 0.2) is 17.9 Å². The molecular formula is C10H5F4N2O. The number of benzene rings is 1. The molecule has 3 nitrogen and oxygen atoms in total. The lowest BCUT2D eigenvalue weighted by molar-refractivity contribution is -0.275. The zero-order valence-corrected chi connectivity index (χ0v) is 8.20. The van der Waals surface area contributed by atoms with Crippen LogP contribution in [0.4, 0.5) is 17.6 Å². The second-order valence-corrected chi connectivity index (χ2v) is 3.06. The Kier molecular flexibility index (Phi) is 2.74. The first kappa shape index (κ1) is 11.4. The summed E-state index contributed by atoms with van der Waals surface area (Å²) in [7, 11) is 0. The zero-order chi connectivity index (χ0) is 12.5. The van der Waals surface area contributed by atoms with E-state index in [1.165, 1.54) is 23.0 Å². The predicted octanol–water partition coefficient (Wildman–Crippen LogP) is 2.71. The molecule has 2 rings (SSSR count). The van der Waals surface area contributed by atoms with E-state index in [1.807, 2.05) is 0 Å². The van der Waals surface area contributed by atoms with Crippen molar-refractivity contribution in [2.75, 3.05) is 0 Å². The number of rotatable bonds is 2. The van der Waals surface area contributed by atoms with Crippen LogP contribution < -0.4 is 4.74 Å². The van der Waals surface area contributed by atoms with Crippen LogP contribution in [0.3, 0.4) is 0 Å². The monoisotopic (exact) mass is 245 g/mol. The summed E-state index contributed by atoms with van der Waals surface area (Å²) in [4.78, 5) is 3.61. The van der Waals surface area contributed by atoms with Gasteiger partial charge in [-0.2, -0.15) is 0 Å². The molecule has 0 saturated heterocycles. The molecule has 0 saturated carbocycles. The van der Waals surface area contributed by atoms with Crippen LogP contribution in [-0.4, -0.2) is 15.9 Å². The largest absolute Gasteiger partial charge is 0.573 e. The zero-order valence-electron chi connectivity index (χ0n) is 8.20. The molecule has 17 heavy (non-hydrogen) atoms. The molecule has 0 bridgehead atoms. The SMILES string of the molecule is Fc1cc(-n2[c]ncc2)ccc1OC(F)(F)F. The molecular weight excluding hydrogens is 240 g/mol. The number of nitrogens with zero attached hydrogens (tertiary/aromatic N) is 2. The second-order valence-electron chi connectivity index (χ2n) is 3.06. The molecule has 0 aliphatic heterocycles. The van der Waals surface area contributed by atoms with E-state index in [-0.39, 0.29) is 0 Å². The van der Waals surface area contributed by atoms with Crippen molar-refractivity contribution in [3.8, 4) is 11.4 Å². The van der Waals surface area contributed by atoms with Gasteiger partial charge in [-0.25, -0.2) is 9.37 Å². The highest BCUT2D eigenvalue weighted by Crippen LogP contribution is 2.26. The van der Waals surface area contributed by atoms with Crippen molar-refractivity contribution in [3.05, 3.63) is 42.7 Å². The number of halogens is 4. The van der Waals surface area contributed by atoms with Gasteiger partial charge in [0.2, 0.25) is 0 Å². The second kappa shape index (κ2) is 4.08. The van der Waals surface area contributed by atoms with E-state index >= 15 is 0 Å². The molecule has 0 N–H and O–H groups in total. The molecule has 0 amide bonds. The molecule has 1 aromatic heterocycles. The van der Waals surface area contributed by atoms with Crippen molar-refractivity contribution >= 4 is 0 Å². The van der Waals surface area contributed by atoms with Gasteiger partial charge in [-0.3, -0.25) is 4.57 Å². The Morgan fingerprint density at radius 2 is 2.06 bits per heavy atom. The molecule has 2 aromatic rings. The Balaban J connectivity index is 2.29. The fourth-order valence-corrected chi connectivity index (χ4v) is 1.22. The number of hydrogen-bond donors (Lipinski definition) is 0. The molecule has 7 heteroatoms.